The summed E-state index contributed by atoms with van der Waals surface area (Å²) in [5.41, 5.74) is 5.30. The Balaban J connectivity index is 1.50. The molecule has 3 amide bonds. The van der Waals surface area contributed by atoms with Gasteiger partial charge in [0.05, 0.1) is 5.69 Å². The number of carbonyl (C=O) groups is 3. The normalized spacial score (nSPS) is 20.1. The van der Waals surface area contributed by atoms with Gasteiger partial charge in [-0.2, -0.15) is 5.11 Å². The third-order valence-electron chi connectivity index (χ3n) is 5.40. The van der Waals surface area contributed by atoms with Gasteiger partial charge in [-0.25, -0.2) is 4.90 Å². The van der Waals surface area contributed by atoms with Gasteiger partial charge in [-0.1, -0.05) is 40.6 Å². The molecular formula is C22H23N5O3. The number of imide groups is 1. The molecular weight excluding hydrogens is 382 g/mol. The minimum Gasteiger partial charge on any atom is -0.324 e. The zero-order valence-electron chi connectivity index (χ0n) is 17.3. The number of rotatable bonds is 4. The quantitative estimate of drug-likeness (QED) is 0.792. The highest BCUT2D eigenvalue weighted by Crippen LogP contribution is 2.32. The number of nitrogens with one attached hydrogen (secondary N) is 1. The van der Waals surface area contributed by atoms with Gasteiger partial charge < -0.3 is 5.32 Å². The van der Waals surface area contributed by atoms with E-state index >= 15 is 0 Å². The summed E-state index contributed by atoms with van der Waals surface area (Å²) in [6.07, 6.45) is 0. The Labute approximate surface area is 174 Å². The van der Waals surface area contributed by atoms with Crippen molar-refractivity contribution in [3.63, 3.8) is 0 Å². The first-order valence-electron chi connectivity index (χ1n) is 9.76. The molecule has 154 valence electrons. The van der Waals surface area contributed by atoms with Gasteiger partial charge in [0.1, 0.15) is 6.54 Å². The van der Waals surface area contributed by atoms with Crippen LogP contribution < -0.4 is 10.2 Å². The summed E-state index contributed by atoms with van der Waals surface area (Å²) in [4.78, 5) is 39.5. The lowest BCUT2D eigenvalue weighted by atomic mass is 10.1. The maximum Gasteiger partial charge on any atom is 0.263 e. The standard InChI is InChI=1S/C22H23N5O3/c1-12-5-7-16(8-6-12)27-21(29)19-20(22(27)30)26(25-24-19)11-17(28)23-18-14(3)9-13(2)10-15(18)4/h5-10,19-20H,11H2,1-4H3,(H,23,28). The molecule has 2 atom stereocenters. The Morgan fingerprint density at radius 2 is 1.60 bits per heavy atom. The molecule has 0 radical (unpaired) electrons. The summed E-state index contributed by atoms with van der Waals surface area (Å²) in [5.74, 6) is -1.17. The Morgan fingerprint density at radius 3 is 2.23 bits per heavy atom. The Hall–Kier alpha value is -3.55. The summed E-state index contributed by atoms with van der Waals surface area (Å²) in [6.45, 7) is 7.62. The van der Waals surface area contributed by atoms with E-state index in [1.807, 2.05) is 52.0 Å². The predicted molar refractivity (Wildman–Crippen MR) is 112 cm³/mol. The fourth-order valence-corrected chi connectivity index (χ4v) is 4.01. The summed E-state index contributed by atoms with van der Waals surface area (Å²) in [5, 5.41) is 12.1. The number of hydrogen-bond acceptors (Lipinski definition) is 6. The molecule has 0 saturated carbocycles. The molecule has 1 N–H and O–H groups in total. The van der Waals surface area contributed by atoms with Crippen LogP contribution >= 0.6 is 0 Å². The predicted octanol–water partition coefficient (Wildman–Crippen LogP) is 2.85. The van der Waals surface area contributed by atoms with Gasteiger partial charge in [-0.05, 0) is 51.0 Å². The first-order valence-corrected chi connectivity index (χ1v) is 9.76. The number of hydrogen-bond donors (Lipinski definition) is 1. The number of aryl methyl sites for hydroxylation is 4. The van der Waals surface area contributed by atoms with Crippen molar-refractivity contribution in [2.45, 2.75) is 39.8 Å². The molecule has 0 aromatic heterocycles. The highest BCUT2D eigenvalue weighted by molar-refractivity contribution is 6.25. The maximum absolute atomic E-state index is 13.0. The minimum absolute atomic E-state index is 0.168. The largest absolute Gasteiger partial charge is 0.324 e. The number of amides is 3. The molecule has 0 bridgehead atoms. The Bertz CT molecular complexity index is 1050. The van der Waals surface area contributed by atoms with Crippen LogP contribution in [0.4, 0.5) is 11.4 Å². The molecule has 4 rings (SSSR count). The lowest BCUT2D eigenvalue weighted by Crippen LogP contribution is -2.43. The van der Waals surface area contributed by atoms with Crippen LogP contribution in [0.25, 0.3) is 0 Å². The van der Waals surface area contributed by atoms with Gasteiger partial charge in [-0.15, -0.1) is 0 Å². The second-order valence-corrected chi connectivity index (χ2v) is 7.86. The van der Waals surface area contributed by atoms with E-state index in [2.05, 4.69) is 15.7 Å². The van der Waals surface area contributed by atoms with Crippen LogP contribution in [0.1, 0.15) is 22.3 Å². The van der Waals surface area contributed by atoms with Gasteiger partial charge in [0, 0.05) is 5.69 Å². The summed E-state index contributed by atoms with van der Waals surface area (Å²) < 4.78 is 0. The fraction of sp³-hybridized carbons (Fsp3) is 0.318. The van der Waals surface area contributed by atoms with Crippen LogP contribution in [0, 0.1) is 27.7 Å². The molecule has 2 aromatic rings. The van der Waals surface area contributed by atoms with Gasteiger partial charge >= 0.3 is 0 Å². The smallest absolute Gasteiger partial charge is 0.263 e. The average Bonchev–Trinajstić information content (AvgIpc) is 3.19. The zero-order valence-corrected chi connectivity index (χ0v) is 17.3. The van der Waals surface area contributed by atoms with E-state index in [1.54, 1.807) is 12.1 Å². The SMILES string of the molecule is Cc1ccc(N2C(=O)C3N=NN(CC(=O)Nc4c(C)cc(C)cc4C)C3C2=O)cc1. The van der Waals surface area contributed by atoms with Crippen LogP contribution in [0.2, 0.25) is 0 Å². The van der Waals surface area contributed by atoms with E-state index in [-0.39, 0.29) is 12.5 Å². The van der Waals surface area contributed by atoms with Crippen molar-refractivity contribution in [1.29, 1.82) is 0 Å². The minimum atomic E-state index is -0.922. The number of carbonyl (C=O) groups excluding carboxylic acids is 3. The van der Waals surface area contributed by atoms with Crippen LogP contribution in [-0.2, 0) is 14.4 Å². The molecule has 2 heterocycles. The highest BCUT2D eigenvalue weighted by atomic mass is 16.2. The molecule has 2 aromatic carbocycles. The number of anilines is 2. The summed E-state index contributed by atoms with van der Waals surface area (Å²) in [7, 11) is 0. The number of benzene rings is 2. The van der Waals surface area contributed by atoms with Gasteiger partial charge in [-0.3, -0.25) is 19.4 Å². The third kappa shape index (κ3) is 3.34. The van der Waals surface area contributed by atoms with Gasteiger partial charge in [0.2, 0.25) is 5.91 Å². The first-order chi connectivity index (χ1) is 14.3. The van der Waals surface area contributed by atoms with Gasteiger partial charge in [0.25, 0.3) is 11.8 Å². The molecule has 2 unspecified atom stereocenters. The monoisotopic (exact) mass is 405 g/mol. The molecule has 30 heavy (non-hydrogen) atoms. The Kier molecular flexibility index (Phi) is 4.85. The lowest BCUT2D eigenvalue weighted by Gasteiger charge is -2.21. The zero-order chi connectivity index (χ0) is 21.6. The highest BCUT2D eigenvalue weighted by Gasteiger charge is 2.55. The maximum atomic E-state index is 13.0. The van der Waals surface area contributed by atoms with Crippen molar-refractivity contribution >= 4 is 29.1 Å². The molecule has 0 spiro atoms. The van der Waals surface area contributed by atoms with Crippen molar-refractivity contribution in [3.8, 4) is 0 Å². The van der Waals surface area contributed by atoms with Crippen molar-refractivity contribution < 1.29 is 14.4 Å². The second kappa shape index (κ2) is 7.37. The number of fused-ring (bicyclic) bond motifs is 1. The topological polar surface area (TPSA) is 94.4 Å². The van der Waals surface area contributed by atoms with E-state index in [4.69, 9.17) is 0 Å². The lowest BCUT2D eigenvalue weighted by molar-refractivity contribution is -0.123. The summed E-state index contributed by atoms with van der Waals surface area (Å²) in [6, 6.07) is 9.29. The molecule has 2 aliphatic heterocycles. The van der Waals surface area contributed by atoms with Crippen LogP contribution in [0.15, 0.2) is 46.7 Å². The molecule has 1 saturated heterocycles. The van der Waals surface area contributed by atoms with Crippen LogP contribution in [-0.4, -0.2) is 41.4 Å². The van der Waals surface area contributed by atoms with E-state index in [1.165, 1.54) is 5.01 Å². The van der Waals surface area contributed by atoms with E-state index in [0.29, 0.717) is 5.69 Å². The van der Waals surface area contributed by atoms with Gasteiger partial charge in [0.15, 0.2) is 12.1 Å². The first kappa shape index (κ1) is 19.8. The third-order valence-corrected chi connectivity index (χ3v) is 5.40. The van der Waals surface area contributed by atoms with Crippen LogP contribution in [0.5, 0.6) is 0 Å². The van der Waals surface area contributed by atoms with E-state index < -0.39 is 23.9 Å². The number of nitrogens with zero attached hydrogens (tertiary/aromatic N) is 4. The Morgan fingerprint density at radius 1 is 0.967 bits per heavy atom. The van der Waals surface area contributed by atoms with E-state index in [0.717, 1.165) is 32.8 Å². The van der Waals surface area contributed by atoms with Crippen molar-refractivity contribution in [1.82, 2.24) is 5.01 Å². The second-order valence-electron chi connectivity index (χ2n) is 7.86. The van der Waals surface area contributed by atoms with Crippen LogP contribution in [0.3, 0.4) is 0 Å². The molecule has 1 fully saturated rings. The van der Waals surface area contributed by atoms with Crippen molar-refractivity contribution in [2.24, 2.45) is 10.3 Å². The van der Waals surface area contributed by atoms with Crippen molar-refractivity contribution in [2.75, 3.05) is 16.8 Å². The van der Waals surface area contributed by atoms with E-state index in [9.17, 15) is 14.4 Å². The van der Waals surface area contributed by atoms with Crippen molar-refractivity contribution in [3.05, 3.63) is 58.7 Å². The fourth-order valence-electron chi connectivity index (χ4n) is 4.01. The molecule has 8 heteroatoms. The molecule has 8 nitrogen and oxygen atoms in total. The molecule has 2 aliphatic rings. The summed E-state index contributed by atoms with van der Waals surface area (Å²) >= 11 is 0. The average molecular weight is 405 g/mol. The molecule has 0 aliphatic carbocycles.